The summed E-state index contributed by atoms with van der Waals surface area (Å²) in [5, 5.41) is 1.93. The van der Waals surface area contributed by atoms with Crippen molar-refractivity contribution in [3.05, 3.63) is 0 Å². The number of amides is 2. The maximum Gasteiger partial charge on any atom is 0.336 e. The molecule has 15 heavy (non-hydrogen) atoms. The van der Waals surface area contributed by atoms with Crippen LogP contribution in [0.2, 0.25) is 0 Å². The van der Waals surface area contributed by atoms with Crippen LogP contribution in [-0.4, -0.2) is 61.9 Å². The molecule has 1 unspecified atom stereocenters. The Balaban J connectivity index is 2.14. The van der Waals surface area contributed by atoms with Crippen LogP contribution in [0.1, 0.15) is 6.42 Å². The molecule has 2 amide bonds. The Morgan fingerprint density at radius 1 is 1.20 bits per heavy atom. The van der Waals surface area contributed by atoms with Crippen LogP contribution in [0.5, 0.6) is 0 Å². The van der Waals surface area contributed by atoms with Crippen molar-refractivity contribution < 1.29 is 4.79 Å². The predicted molar refractivity (Wildman–Crippen MR) is 64.1 cm³/mol. The molecule has 0 aromatic carbocycles. The zero-order valence-electron chi connectivity index (χ0n) is 8.63. The monoisotopic (exact) mass is 244 g/mol. The van der Waals surface area contributed by atoms with Gasteiger partial charge >= 0.3 is 6.03 Å². The largest absolute Gasteiger partial charge is 0.336 e. The quantitative estimate of drug-likeness (QED) is 0.580. The molecule has 82 valence electrons. The standard InChI is InChI=1S/C8H12N4OS2/c1-9-6(13)11-4-3-5-12-7(14)10(2)15(9)8(11)12/h3-5H2,1-2H3. The van der Waals surface area contributed by atoms with Crippen molar-refractivity contribution in [2.75, 3.05) is 27.2 Å². The normalized spacial score (nSPS) is 29.5. The average Bonchev–Trinajstić information content (AvgIpc) is 2.64. The zero-order chi connectivity index (χ0) is 10.7. The molecule has 0 aromatic heterocycles. The number of hydrogen-bond acceptors (Lipinski definition) is 2. The molecule has 1 saturated heterocycles. The molecule has 3 rings (SSSR count). The SMILES string of the molecule is CN1C(=O)N2CCCN3C(=S)N(C)S1=C23. The fourth-order valence-electron chi connectivity index (χ4n) is 2.19. The third kappa shape index (κ3) is 0.971. The van der Waals surface area contributed by atoms with Crippen molar-refractivity contribution >= 4 is 39.3 Å². The smallest absolute Gasteiger partial charge is 0.296 e. The van der Waals surface area contributed by atoms with Gasteiger partial charge in [0.05, 0.1) is 10.9 Å². The van der Waals surface area contributed by atoms with Crippen LogP contribution in [0.4, 0.5) is 4.79 Å². The van der Waals surface area contributed by atoms with Gasteiger partial charge in [-0.2, -0.15) is 0 Å². The fraction of sp³-hybridized carbons (Fsp3) is 0.625. The van der Waals surface area contributed by atoms with E-state index < -0.39 is 0 Å². The molecular formula is C8H12N4OS2. The van der Waals surface area contributed by atoms with Crippen molar-refractivity contribution in [2.45, 2.75) is 6.42 Å². The number of urea groups is 1. The van der Waals surface area contributed by atoms with E-state index in [1.165, 1.54) is 0 Å². The third-order valence-corrected chi connectivity index (χ3v) is 5.65. The van der Waals surface area contributed by atoms with Gasteiger partial charge in [-0.3, -0.25) is 18.4 Å². The van der Waals surface area contributed by atoms with Crippen LogP contribution < -0.4 is 0 Å². The summed E-state index contributed by atoms with van der Waals surface area (Å²) in [4.78, 5) is 15.9. The van der Waals surface area contributed by atoms with E-state index >= 15 is 0 Å². The molecule has 0 aliphatic carbocycles. The van der Waals surface area contributed by atoms with Gasteiger partial charge in [0.15, 0.2) is 10.2 Å². The maximum absolute atomic E-state index is 11.9. The lowest BCUT2D eigenvalue weighted by atomic mass is 10.3. The van der Waals surface area contributed by atoms with Crippen LogP contribution in [0, 0.1) is 0 Å². The topological polar surface area (TPSA) is 30.0 Å². The van der Waals surface area contributed by atoms with Crippen molar-refractivity contribution in [2.24, 2.45) is 0 Å². The minimum absolute atomic E-state index is 0.104. The highest BCUT2D eigenvalue weighted by molar-refractivity contribution is 8.14. The van der Waals surface area contributed by atoms with Crippen molar-refractivity contribution in [3.63, 3.8) is 0 Å². The molecule has 0 aromatic rings. The summed E-state index contributed by atoms with van der Waals surface area (Å²) >= 11 is 5.37. The Morgan fingerprint density at radius 2 is 1.87 bits per heavy atom. The lowest BCUT2D eigenvalue weighted by molar-refractivity contribution is 0.202. The molecular weight excluding hydrogens is 232 g/mol. The summed E-state index contributed by atoms with van der Waals surface area (Å²) in [7, 11) is 3.53. The van der Waals surface area contributed by atoms with E-state index in [1.807, 2.05) is 23.3 Å². The van der Waals surface area contributed by atoms with Gasteiger partial charge in [-0.15, -0.1) is 0 Å². The van der Waals surface area contributed by atoms with Gasteiger partial charge in [0.25, 0.3) is 0 Å². The lowest BCUT2D eigenvalue weighted by Gasteiger charge is -2.33. The number of nitrogens with zero attached hydrogens (tertiary/aromatic N) is 4. The lowest BCUT2D eigenvalue weighted by Crippen LogP contribution is -2.52. The molecule has 0 radical (unpaired) electrons. The first-order valence-corrected chi connectivity index (χ1v) is 6.39. The summed E-state index contributed by atoms with van der Waals surface area (Å²) in [6, 6.07) is 0.104. The van der Waals surface area contributed by atoms with E-state index in [-0.39, 0.29) is 16.9 Å². The molecule has 3 heterocycles. The molecule has 0 saturated carbocycles. The number of hydrogen-bond donors (Lipinski definition) is 0. The Morgan fingerprint density at radius 3 is 2.60 bits per heavy atom. The van der Waals surface area contributed by atoms with Gasteiger partial charge in [-0.1, -0.05) is 0 Å². The Hall–Kier alpha value is -0.820. The van der Waals surface area contributed by atoms with Crippen LogP contribution >= 0.6 is 23.1 Å². The number of carbonyl (C=O) groups excluding carboxylic acids is 1. The van der Waals surface area contributed by atoms with E-state index in [4.69, 9.17) is 12.2 Å². The van der Waals surface area contributed by atoms with Gasteiger partial charge in [0.2, 0.25) is 0 Å². The first-order chi connectivity index (χ1) is 7.13. The molecule has 7 heteroatoms. The first kappa shape index (κ1) is 9.41. The van der Waals surface area contributed by atoms with E-state index in [1.54, 1.807) is 4.31 Å². The highest BCUT2D eigenvalue weighted by Crippen LogP contribution is 2.41. The highest BCUT2D eigenvalue weighted by Gasteiger charge is 2.47. The second-order valence-electron chi connectivity index (χ2n) is 3.76. The van der Waals surface area contributed by atoms with Crippen molar-refractivity contribution in [1.29, 1.82) is 0 Å². The summed E-state index contributed by atoms with van der Waals surface area (Å²) < 4.78 is 3.81. The molecule has 3 aliphatic heterocycles. The van der Waals surface area contributed by atoms with Crippen LogP contribution in [0.25, 0.3) is 0 Å². The Bertz CT molecular complexity index is 373. The molecule has 0 bridgehead atoms. The second-order valence-corrected chi connectivity index (χ2v) is 6.12. The average molecular weight is 244 g/mol. The number of rotatable bonds is 0. The van der Waals surface area contributed by atoms with Gasteiger partial charge in [-0.05, 0) is 18.6 Å². The van der Waals surface area contributed by atoms with Crippen LogP contribution in [0.15, 0.2) is 0 Å². The summed E-state index contributed by atoms with van der Waals surface area (Å²) in [6.07, 6.45) is 0.994. The van der Waals surface area contributed by atoms with Crippen molar-refractivity contribution in [3.8, 4) is 0 Å². The molecule has 1 fully saturated rings. The zero-order valence-corrected chi connectivity index (χ0v) is 10.3. The van der Waals surface area contributed by atoms with E-state index in [9.17, 15) is 4.79 Å². The summed E-state index contributed by atoms with van der Waals surface area (Å²) in [5.74, 6) is 0. The van der Waals surface area contributed by atoms with E-state index in [0.29, 0.717) is 0 Å². The minimum atomic E-state index is -0.282. The van der Waals surface area contributed by atoms with Gasteiger partial charge in [0, 0.05) is 27.2 Å². The summed E-state index contributed by atoms with van der Waals surface area (Å²) in [5.41, 5.74) is 0. The predicted octanol–water partition coefficient (Wildman–Crippen LogP) is 0.476. The molecule has 0 spiro atoms. The van der Waals surface area contributed by atoms with Gasteiger partial charge in [-0.25, -0.2) is 4.79 Å². The van der Waals surface area contributed by atoms with Crippen LogP contribution in [0.3, 0.4) is 0 Å². The summed E-state index contributed by atoms with van der Waals surface area (Å²) in [6.45, 7) is 1.77. The highest BCUT2D eigenvalue weighted by atomic mass is 32.2. The molecule has 1 atom stereocenters. The minimum Gasteiger partial charge on any atom is -0.296 e. The van der Waals surface area contributed by atoms with Crippen molar-refractivity contribution in [1.82, 2.24) is 18.4 Å². The maximum atomic E-state index is 11.9. The Kier molecular flexibility index (Phi) is 1.79. The third-order valence-electron chi connectivity index (χ3n) is 2.91. The van der Waals surface area contributed by atoms with E-state index in [0.717, 1.165) is 29.7 Å². The second kappa shape index (κ2) is 2.85. The number of thiocarbonyl (C=S) groups is 1. The molecule has 5 nitrogen and oxygen atoms in total. The van der Waals surface area contributed by atoms with Gasteiger partial charge < -0.3 is 0 Å². The molecule has 3 aliphatic rings. The Labute approximate surface area is 96.4 Å². The van der Waals surface area contributed by atoms with E-state index in [2.05, 4.69) is 4.90 Å². The van der Waals surface area contributed by atoms with Gasteiger partial charge in [0.1, 0.15) is 0 Å². The van der Waals surface area contributed by atoms with Crippen LogP contribution in [-0.2, 0) is 0 Å². The fourth-order valence-corrected chi connectivity index (χ4v) is 4.73. The first-order valence-electron chi connectivity index (χ1n) is 4.85. The number of carbonyl (C=O) groups is 1. The molecule has 0 N–H and O–H groups in total.